The van der Waals surface area contributed by atoms with E-state index in [1.54, 1.807) is 11.8 Å². The first-order valence-corrected chi connectivity index (χ1v) is 11.4. The van der Waals surface area contributed by atoms with Gasteiger partial charge in [0.1, 0.15) is 0 Å². The van der Waals surface area contributed by atoms with Gasteiger partial charge in [0, 0.05) is 49.7 Å². The van der Waals surface area contributed by atoms with Crippen molar-refractivity contribution in [2.75, 3.05) is 36.1 Å². The van der Waals surface area contributed by atoms with Crippen molar-refractivity contribution in [1.82, 2.24) is 15.3 Å². The number of hydrogen-bond acceptors (Lipinski definition) is 7. The standard InChI is InChI=1S/C24H31N5O4/c1-15(2)33-24(31)27-21-11-16(3)29(17(4)30)22-6-5-18(12-20(21)22)19-13-25-23(26-14-19)28-7-9-32-10-8-28/h5-6,12-16,21H,7-11H2,1-4H3,(H,27,31)/t16-,21?/m1/s1. The number of morpholine rings is 1. The molecule has 1 aromatic carbocycles. The first-order valence-electron chi connectivity index (χ1n) is 11.4. The molecule has 2 aromatic rings. The number of alkyl carbamates (subject to hydrolysis) is 1. The van der Waals surface area contributed by atoms with Gasteiger partial charge in [0.05, 0.1) is 25.4 Å². The molecule has 1 N–H and O–H groups in total. The van der Waals surface area contributed by atoms with Crippen molar-refractivity contribution in [2.24, 2.45) is 0 Å². The summed E-state index contributed by atoms with van der Waals surface area (Å²) in [5.74, 6) is 0.658. The van der Waals surface area contributed by atoms with Crippen molar-refractivity contribution in [3.05, 3.63) is 36.2 Å². The number of ether oxygens (including phenoxy) is 2. The van der Waals surface area contributed by atoms with E-state index in [1.165, 1.54) is 0 Å². The number of fused-ring (bicyclic) bond motifs is 1. The highest BCUT2D eigenvalue weighted by Gasteiger charge is 2.34. The SMILES string of the molecule is CC(=O)N1c2ccc(-c3cnc(N4CCOCC4)nc3)cc2C(NC(=O)OC(C)C)C[C@H]1C. The van der Waals surface area contributed by atoms with Crippen molar-refractivity contribution in [3.63, 3.8) is 0 Å². The van der Waals surface area contributed by atoms with E-state index in [1.807, 2.05) is 51.4 Å². The summed E-state index contributed by atoms with van der Waals surface area (Å²) in [4.78, 5) is 37.7. The minimum absolute atomic E-state index is 0.0297. The van der Waals surface area contributed by atoms with Crippen molar-refractivity contribution < 1.29 is 19.1 Å². The highest BCUT2D eigenvalue weighted by atomic mass is 16.6. The zero-order valence-corrected chi connectivity index (χ0v) is 19.6. The summed E-state index contributed by atoms with van der Waals surface area (Å²) in [7, 11) is 0. The number of rotatable bonds is 4. The van der Waals surface area contributed by atoms with Crippen LogP contribution in [-0.4, -0.2) is 60.4 Å². The van der Waals surface area contributed by atoms with Gasteiger partial charge in [-0.15, -0.1) is 0 Å². The maximum Gasteiger partial charge on any atom is 0.407 e. The Morgan fingerprint density at radius 3 is 2.48 bits per heavy atom. The average Bonchev–Trinajstić information content (AvgIpc) is 2.79. The molecule has 1 fully saturated rings. The van der Waals surface area contributed by atoms with Gasteiger partial charge in [-0.25, -0.2) is 14.8 Å². The van der Waals surface area contributed by atoms with E-state index < -0.39 is 6.09 Å². The van der Waals surface area contributed by atoms with Crippen LogP contribution in [0.5, 0.6) is 0 Å². The Morgan fingerprint density at radius 1 is 1.15 bits per heavy atom. The van der Waals surface area contributed by atoms with Crippen molar-refractivity contribution in [3.8, 4) is 11.1 Å². The summed E-state index contributed by atoms with van der Waals surface area (Å²) < 4.78 is 10.7. The summed E-state index contributed by atoms with van der Waals surface area (Å²) in [5, 5.41) is 2.98. The van der Waals surface area contributed by atoms with Crippen LogP contribution in [0, 0.1) is 0 Å². The Morgan fingerprint density at radius 2 is 1.85 bits per heavy atom. The highest BCUT2D eigenvalue weighted by Crippen LogP contribution is 2.39. The van der Waals surface area contributed by atoms with Crippen LogP contribution in [0.1, 0.15) is 45.7 Å². The summed E-state index contributed by atoms with van der Waals surface area (Å²) in [6.07, 6.45) is 3.53. The van der Waals surface area contributed by atoms with E-state index in [2.05, 4.69) is 20.2 Å². The Labute approximate surface area is 194 Å². The molecule has 0 saturated carbocycles. The topological polar surface area (TPSA) is 96.9 Å². The van der Waals surface area contributed by atoms with E-state index in [0.717, 1.165) is 35.5 Å². The smallest absolute Gasteiger partial charge is 0.407 e. The lowest BCUT2D eigenvalue weighted by atomic mass is 9.89. The molecular weight excluding hydrogens is 422 g/mol. The number of carbonyl (C=O) groups is 2. The van der Waals surface area contributed by atoms with Crippen LogP contribution in [0.3, 0.4) is 0 Å². The fourth-order valence-corrected chi connectivity index (χ4v) is 4.45. The molecule has 2 amide bonds. The average molecular weight is 454 g/mol. The first-order chi connectivity index (χ1) is 15.8. The second kappa shape index (κ2) is 9.74. The zero-order valence-electron chi connectivity index (χ0n) is 19.6. The summed E-state index contributed by atoms with van der Waals surface area (Å²) >= 11 is 0. The Bertz CT molecular complexity index is 1000. The van der Waals surface area contributed by atoms with Gasteiger partial charge < -0.3 is 24.6 Å². The van der Waals surface area contributed by atoms with Gasteiger partial charge in [0.2, 0.25) is 11.9 Å². The maximum absolute atomic E-state index is 12.4. The molecule has 2 atom stereocenters. The number of hydrogen-bond donors (Lipinski definition) is 1. The molecule has 9 heteroatoms. The third-order valence-electron chi connectivity index (χ3n) is 5.92. The van der Waals surface area contributed by atoms with Gasteiger partial charge in [-0.2, -0.15) is 0 Å². The third kappa shape index (κ3) is 5.08. The number of benzene rings is 1. The molecule has 1 aromatic heterocycles. The lowest BCUT2D eigenvalue weighted by Gasteiger charge is -2.39. The van der Waals surface area contributed by atoms with E-state index in [-0.39, 0.29) is 24.1 Å². The van der Waals surface area contributed by atoms with Gasteiger partial charge in [0.15, 0.2) is 0 Å². The second-order valence-corrected chi connectivity index (χ2v) is 8.77. The largest absolute Gasteiger partial charge is 0.447 e. The van der Waals surface area contributed by atoms with Crippen molar-refractivity contribution >= 4 is 23.6 Å². The Kier molecular flexibility index (Phi) is 6.78. The van der Waals surface area contributed by atoms with Crippen LogP contribution in [0.25, 0.3) is 11.1 Å². The van der Waals surface area contributed by atoms with Crippen LogP contribution in [0.15, 0.2) is 30.6 Å². The van der Waals surface area contributed by atoms with Gasteiger partial charge in [0.25, 0.3) is 0 Å². The van der Waals surface area contributed by atoms with E-state index in [4.69, 9.17) is 9.47 Å². The van der Waals surface area contributed by atoms with Gasteiger partial charge in [-0.05, 0) is 50.5 Å². The Hall–Kier alpha value is -3.20. The lowest BCUT2D eigenvalue weighted by molar-refractivity contribution is -0.117. The number of amides is 2. The number of nitrogens with zero attached hydrogens (tertiary/aromatic N) is 4. The molecular formula is C24H31N5O4. The predicted molar refractivity (Wildman–Crippen MR) is 125 cm³/mol. The molecule has 0 spiro atoms. The summed E-state index contributed by atoms with van der Waals surface area (Å²) in [6.45, 7) is 10.1. The molecule has 2 aliphatic rings. The van der Waals surface area contributed by atoms with Crippen LogP contribution in [-0.2, 0) is 14.3 Å². The molecule has 1 saturated heterocycles. The predicted octanol–water partition coefficient (Wildman–Crippen LogP) is 3.30. The van der Waals surface area contributed by atoms with Crippen LogP contribution < -0.4 is 15.1 Å². The molecule has 0 bridgehead atoms. The zero-order chi connectivity index (χ0) is 23.5. The quantitative estimate of drug-likeness (QED) is 0.759. The molecule has 2 aliphatic heterocycles. The highest BCUT2D eigenvalue weighted by molar-refractivity contribution is 5.94. The Balaban J connectivity index is 1.64. The molecule has 9 nitrogen and oxygen atoms in total. The third-order valence-corrected chi connectivity index (χ3v) is 5.92. The first kappa shape index (κ1) is 23.0. The monoisotopic (exact) mass is 453 g/mol. The number of aromatic nitrogens is 2. The number of carbonyl (C=O) groups excluding carboxylic acids is 2. The van der Waals surface area contributed by atoms with Crippen molar-refractivity contribution in [2.45, 2.75) is 52.3 Å². The maximum atomic E-state index is 12.4. The normalized spacial score (nSPS) is 20.4. The van der Waals surface area contributed by atoms with Gasteiger partial charge in [-0.3, -0.25) is 4.79 Å². The van der Waals surface area contributed by atoms with E-state index in [0.29, 0.717) is 25.6 Å². The van der Waals surface area contributed by atoms with Gasteiger partial charge in [-0.1, -0.05) is 6.07 Å². The molecule has 4 rings (SSSR count). The van der Waals surface area contributed by atoms with E-state index in [9.17, 15) is 9.59 Å². The van der Waals surface area contributed by atoms with Crippen LogP contribution in [0.4, 0.5) is 16.4 Å². The number of anilines is 2. The van der Waals surface area contributed by atoms with Crippen LogP contribution >= 0.6 is 0 Å². The summed E-state index contributed by atoms with van der Waals surface area (Å²) in [6, 6.07) is 5.57. The van der Waals surface area contributed by atoms with Crippen LogP contribution in [0.2, 0.25) is 0 Å². The molecule has 3 heterocycles. The molecule has 176 valence electrons. The molecule has 1 unspecified atom stereocenters. The molecule has 0 radical (unpaired) electrons. The van der Waals surface area contributed by atoms with Gasteiger partial charge >= 0.3 is 6.09 Å². The molecule has 0 aliphatic carbocycles. The van der Waals surface area contributed by atoms with Crippen molar-refractivity contribution in [1.29, 1.82) is 0 Å². The fourth-order valence-electron chi connectivity index (χ4n) is 4.45. The lowest BCUT2D eigenvalue weighted by Crippen LogP contribution is -2.45. The minimum Gasteiger partial charge on any atom is -0.447 e. The van der Waals surface area contributed by atoms with E-state index >= 15 is 0 Å². The second-order valence-electron chi connectivity index (χ2n) is 8.77. The fraction of sp³-hybridized carbons (Fsp3) is 0.500. The molecule has 33 heavy (non-hydrogen) atoms. The minimum atomic E-state index is -0.465. The number of nitrogens with one attached hydrogen (secondary N) is 1. The summed E-state index contributed by atoms with van der Waals surface area (Å²) in [5.41, 5.74) is 3.46.